The molecule has 4 nitrogen and oxygen atoms in total. The van der Waals surface area contributed by atoms with E-state index in [0.29, 0.717) is 11.3 Å². The molecule has 6 heteroatoms. The maximum absolute atomic E-state index is 14.5. The number of ether oxygens (including phenoxy) is 1. The summed E-state index contributed by atoms with van der Waals surface area (Å²) in [5.74, 6) is -0.307. The van der Waals surface area contributed by atoms with Crippen LogP contribution in [0.25, 0.3) is 0 Å². The molecule has 0 radical (unpaired) electrons. The average Bonchev–Trinajstić information content (AvgIpc) is 3.03. The van der Waals surface area contributed by atoms with E-state index in [4.69, 9.17) is 16.3 Å². The van der Waals surface area contributed by atoms with E-state index in [1.807, 2.05) is 12.1 Å². The van der Waals surface area contributed by atoms with Crippen molar-refractivity contribution in [3.05, 3.63) is 76.1 Å². The topological polar surface area (TPSA) is 66.8 Å². The number of rotatable bonds is 5. The third kappa shape index (κ3) is 3.85. The van der Waals surface area contributed by atoms with Gasteiger partial charge in [0.2, 0.25) is 0 Å². The molecule has 1 aliphatic heterocycles. The van der Waals surface area contributed by atoms with E-state index in [9.17, 15) is 19.4 Å². The number of aliphatic hydroxyl groups excluding tert-OH is 1. The number of carbonyl (C=O) groups is 1. The second kappa shape index (κ2) is 8.77. The van der Waals surface area contributed by atoms with Crippen LogP contribution in [0.2, 0.25) is 5.02 Å². The van der Waals surface area contributed by atoms with E-state index in [0.717, 1.165) is 50.5 Å². The molecule has 2 aliphatic carbocycles. The van der Waals surface area contributed by atoms with Gasteiger partial charge in [-0.25, -0.2) is 9.18 Å². The van der Waals surface area contributed by atoms with Crippen molar-refractivity contribution in [2.24, 2.45) is 11.8 Å². The van der Waals surface area contributed by atoms with Crippen molar-refractivity contribution in [2.75, 3.05) is 0 Å². The second-order valence-corrected chi connectivity index (χ2v) is 10.0. The number of carboxylic acids is 1. The number of aryl methyl sites for hydroxylation is 1. The van der Waals surface area contributed by atoms with Crippen LogP contribution in [0, 0.1) is 17.7 Å². The summed E-state index contributed by atoms with van der Waals surface area (Å²) < 4.78 is 20.8. The number of benzene rings is 2. The Bertz CT molecular complexity index is 1090. The zero-order valence-corrected chi connectivity index (χ0v) is 19.1. The van der Waals surface area contributed by atoms with Crippen LogP contribution in [0.3, 0.4) is 0 Å². The number of hydrogen-bond acceptors (Lipinski definition) is 3. The van der Waals surface area contributed by atoms with Gasteiger partial charge in [0.1, 0.15) is 17.7 Å². The van der Waals surface area contributed by atoms with Crippen LogP contribution in [0.4, 0.5) is 4.39 Å². The first-order valence-corrected chi connectivity index (χ1v) is 12.1. The van der Waals surface area contributed by atoms with Gasteiger partial charge in [0.15, 0.2) is 0 Å². The fraction of sp³-hybridized carbons (Fsp3) is 0.444. The zero-order valence-electron chi connectivity index (χ0n) is 18.3. The summed E-state index contributed by atoms with van der Waals surface area (Å²) in [4.78, 5) is 11.5. The van der Waals surface area contributed by atoms with Crippen molar-refractivity contribution in [2.45, 2.75) is 62.6 Å². The van der Waals surface area contributed by atoms with Crippen LogP contribution in [0.15, 0.2) is 48.6 Å². The number of carboxylic acid groups (broad SMARTS) is 1. The van der Waals surface area contributed by atoms with Gasteiger partial charge in [-0.2, -0.15) is 0 Å². The van der Waals surface area contributed by atoms with Gasteiger partial charge in [0.05, 0.1) is 16.7 Å². The Kier molecular flexibility index (Phi) is 5.96. The van der Waals surface area contributed by atoms with Crippen LogP contribution in [0.5, 0.6) is 5.75 Å². The van der Waals surface area contributed by atoms with Gasteiger partial charge >= 0.3 is 5.97 Å². The van der Waals surface area contributed by atoms with E-state index >= 15 is 0 Å². The number of aromatic carboxylic acids is 1. The first kappa shape index (κ1) is 22.4. The predicted molar refractivity (Wildman–Crippen MR) is 124 cm³/mol. The molecule has 2 N–H and O–H groups in total. The molecule has 4 atom stereocenters. The van der Waals surface area contributed by atoms with E-state index < -0.39 is 17.5 Å². The summed E-state index contributed by atoms with van der Waals surface area (Å²) in [5, 5.41) is 20.7. The maximum atomic E-state index is 14.5. The summed E-state index contributed by atoms with van der Waals surface area (Å²) in [5.41, 5.74) is 1.06. The molecule has 174 valence electrons. The third-order valence-electron chi connectivity index (χ3n) is 8.00. The fourth-order valence-corrected chi connectivity index (χ4v) is 6.29. The van der Waals surface area contributed by atoms with Gasteiger partial charge in [0, 0.05) is 11.3 Å². The summed E-state index contributed by atoms with van der Waals surface area (Å²) in [6.07, 6.45) is 9.18. The second-order valence-electron chi connectivity index (χ2n) is 9.64. The molecule has 5 rings (SSSR count). The molecule has 2 aromatic rings. The summed E-state index contributed by atoms with van der Waals surface area (Å²) in [6.45, 7) is 0. The Morgan fingerprint density at radius 2 is 1.97 bits per heavy atom. The van der Waals surface area contributed by atoms with Crippen molar-refractivity contribution in [3.63, 3.8) is 0 Å². The maximum Gasteiger partial charge on any atom is 0.337 e. The van der Waals surface area contributed by atoms with Gasteiger partial charge in [-0.3, -0.25) is 0 Å². The van der Waals surface area contributed by atoms with E-state index in [1.165, 1.54) is 6.07 Å². The standard InChI is InChI=1S/C27H28ClFO4/c28-24-19(26(31)32)11-7-17-6-10-18-16(8-12-22(18)33-25(17)24)9-13-23(30)27(14-3-15-27)20-4-1-2-5-21(20)29/h1-2,4-5,7,9,11,13,16,18,22-23,30H,3,6,8,10,12,14-15H2,(H,31,32)/b13-9+/t16-,18-,22+,23?/m1/s1. The van der Waals surface area contributed by atoms with Gasteiger partial charge in [-0.1, -0.05) is 54.4 Å². The van der Waals surface area contributed by atoms with Crippen LogP contribution in [-0.4, -0.2) is 28.4 Å². The van der Waals surface area contributed by atoms with Crippen molar-refractivity contribution in [1.29, 1.82) is 0 Å². The molecule has 2 fully saturated rings. The molecule has 33 heavy (non-hydrogen) atoms. The van der Waals surface area contributed by atoms with Crippen molar-refractivity contribution in [3.8, 4) is 5.75 Å². The molecule has 0 spiro atoms. The Labute approximate surface area is 198 Å². The minimum Gasteiger partial charge on any atom is -0.488 e. The molecule has 0 bridgehead atoms. The Balaban J connectivity index is 1.34. The predicted octanol–water partition coefficient (Wildman–Crippen LogP) is 5.94. The zero-order chi connectivity index (χ0) is 23.2. The van der Waals surface area contributed by atoms with E-state index in [-0.39, 0.29) is 34.3 Å². The molecular formula is C27H28ClFO4. The van der Waals surface area contributed by atoms with Crippen molar-refractivity contribution >= 4 is 17.6 Å². The van der Waals surface area contributed by atoms with Crippen LogP contribution >= 0.6 is 11.6 Å². The quantitative estimate of drug-likeness (QED) is 0.531. The number of halogens is 2. The van der Waals surface area contributed by atoms with Gasteiger partial charge in [0.25, 0.3) is 0 Å². The highest BCUT2D eigenvalue weighted by Gasteiger charge is 2.46. The molecule has 2 aromatic carbocycles. The average molecular weight is 471 g/mol. The summed E-state index contributed by atoms with van der Waals surface area (Å²) >= 11 is 6.38. The summed E-state index contributed by atoms with van der Waals surface area (Å²) in [6, 6.07) is 10.1. The molecule has 0 amide bonds. The number of fused-ring (bicyclic) bond motifs is 2. The Morgan fingerprint density at radius 1 is 1.18 bits per heavy atom. The molecular weight excluding hydrogens is 443 g/mol. The lowest BCUT2D eigenvalue weighted by atomic mass is 9.61. The van der Waals surface area contributed by atoms with E-state index in [2.05, 4.69) is 6.08 Å². The molecule has 1 unspecified atom stereocenters. The lowest BCUT2D eigenvalue weighted by Crippen LogP contribution is -2.45. The van der Waals surface area contributed by atoms with Crippen LogP contribution < -0.4 is 4.74 Å². The van der Waals surface area contributed by atoms with Crippen molar-refractivity contribution < 1.29 is 24.1 Å². The van der Waals surface area contributed by atoms with Gasteiger partial charge in [-0.15, -0.1) is 0 Å². The monoisotopic (exact) mass is 470 g/mol. The number of aliphatic hydroxyl groups is 1. The van der Waals surface area contributed by atoms with Crippen LogP contribution in [0.1, 0.15) is 60.0 Å². The van der Waals surface area contributed by atoms with E-state index in [1.54, 1.807) is 24.3 Å². The molecule has 0 aromatic heterocycles. The van der Waals surface area contributed by atoms with Gasteiger partial charge < -0.3 is 14.9 Å². The molecule has 3 aliphatic rings. The lowest BCUT2D eigenvalue weighted by Gasteiger charge is -2.45. The first-order chi connectivity index (χ1) is 15.9. The van der Waals surface area contributed by atoms with Gasteiger partial charge in [-0.05, 0) is 67.7 Å². The highest BCUT2D eigenvalue weighted by molar-refractivity contribution is 6.35. The fourth-order valence-electron chi connectivity index (χ4n) is 5.98. The molecule has 1 heterocycles. The highest BCUT2D eigenvalue weighted by atomic mass is 35.5. The first-order valence-electron chi connectivity index (χ1n) is 11.7. The number of allylic oxidation sites excluding steroid dienone is 1. The Hall–Kier alpha value is -2.37. The number of hydrogen-bond donors (Lipinski definition) is 2. The smallest absolute Gasteiger partial charge is 0.337 e. The minimum atomic E-state index is -1.06. The lowest BCUT2D eigenvalue weighted by molar-refractivity contribution is 0.0593. The van der Waals surface area contributed by atoms with Crippen LogP contribution in [-0.2, 0) is 11.8 Å². The molecule has 2 saturated carbocycles. The summed E-state index contributed by atoms with van der Waals surface area (Å²) in [7, 11) is 0. The third-order valence-corrected chi connectivity index (χ3v) is 8.38. The Morgan fingerprint density at radius 3 is 2.67 bits per heavy atom. The van der Waals surface area contributed by atoms with Crippen molar-refractivity contribution in [1.82, 2.24) is 0 Å². The SMILES string of the molecule is O=C(O)c1ccc2c(c1Cl)O[C@H]1CC[C@H](/C=C/C(O)C3(c4ccccc4F)CCC3)[C@H]1CC2. The largest absolute Gasteiger partial charge is 0.488 e. The molecule has 0 saturated heterocycles. The minimum absolute atomic E-state index is 0.0381. The highest BCUT2D eigenvalue weighted by Crippen LogP contribution is 2.49. The normalized spacial score (nSPS) is 26.6.